The van der Waals surface area contributed by atoms with E-state index in [1.54, 1.807) is 6.92 Å². The number of rotatable bonds is 2. The van der Waals surface area contributed by atoms with Crippen LogP contribution in [0, 0.1) is 5.82 Å². The van der Waals surface area contributed by atoms with Crippen LogP contribution >= 0.6 is 11.6 Å². The molecule has 1 aliphatic heterocycles. The highest BCUT2D eigenvalue weighted by molar-refractivity contribution is 6.31. The Morgan fingerprint density at radius 3 is 2.84 bits per heavy atom. The first kappa shape index (κ1) is 13.6. The topological polar surface area (TPSA) is 75.4 Å². The minimum atomic E-state index is -0.640. The molecule has 1 fully saturated rings. The predicted molar refractivity (Wildman–Crippen MR) is 70.4 cm³/mol. The van der Waals surface area contributed by atoms with E-state index >= 15 is 0 Å². The highest BCUT2D eigenvalue weighted by Crippen LogP contribution is 2.31. The van der Waals surface area contributed by atoms with Crippen molar-refractivity contribution in [3.05, 3.63) is 23.0 Å². The molecule has 0 spiro atoms. The monoisotopic (exact) mass is 285 g/mol. The van der Waals surface area contributed by atoms with E-state index in [9.17, 15) is 14.0 Å². The van der Waals surface area contributed by atoms with Crippen molar-refractivity contribution in [3.63, 3.8) is 0 Å². The number of nitrogens with two attached hydrogens (primary N) is 1. The van der Waals surface area contributed by atoms with E-state index in [4.69, 9.17) is 17.3 Å². The van der Waals surface area contributed by atoms with Crippen molar-refractivity contribution in [1.82, 2.24) is 5.32 Å². The van der Waals surface area contributed by atoms with Crippen LogP contribution in [0.5, 0.6) is 0 Å². The highest BCUT2D eigenvalue weighted by Gasteiger charge is 2.33. The minimum absolute atomic E-state index is 0.0461. The van der Waals surface area contributed by atoms with Gasteiger partial charge >= 0.3 is 0 Å². The number of halogens is 2. The van der Waals surface area contributed by atoms with Crippen LogP contribution in [0.15, 0.2) is 12.1 Å². The summed E-state index contributed by atoms with van der Waals surface area (Å²) in [7, 11) is 0. The van der Waals surface area contributed by atoms with E-state index < -0.39 is 23.7 Å². The maximum Gasteiger partial charge on any atom is 0.249 e. The number of nitrogens with one attached hydrogen (secondary N) is 1. The van der Waals surface area contributed by atoms with Gasteiger partial charge in [0.2, 0.25) is 11.8 Å². The number of hydrogen-bond donors (Lipinski definition) is 2. The van der Waals surface area contributed by atoms with E-state index in [-0.39, 0.29) is 17.3 Å². The summed E-state index contributed by atoms with van der Waals surface area (Å²) in [6.45, 7) is 1.75. The van der Waals surface area contributed by atoms with Crippen LogP contribution < -0.4 is 16.0 Å². The Balaban J connectivity index is 2.46. The molecule has 1 atom stereocenters. The molecule has 102 valence electrons. The quantitative estimate of drug-likeness (QED) is 0.634. The molecule has 5 nitrogen and oxygen atoms in total. The molecule has 0 aliphatic carbocycles. The van der Waals surface area contributed by atoms with E-state index in [0.717, 1.165) is 6.07 Å². The number of anilines is 2. The number of piperazine rings is 1. The molecule has 1 aromatic rings. The van der Waals surface area contributed by atoms with Gasteiger partial charge in [0.1, 0.15) is 11.9 Å². The van der Waals surface area contributed by atoms with Gasteiger partial charge in [-0.25, -0.2) is 4.39 Å². The lowest BCUT2D eigenvalue weighted by Gasteiger charge is -2.35. The molecule has 1 heterocycles. The van der Waals surface area contributed by atoms with Gasteiger partial charge in [0.25, 0.3) is 0 Å². The first-order valence-electron chi connectivity index (χ1n) is 5.79. The van der Waals surface area contributed by atoms with Gasteiger partial charge in [-0.2, -0.15) is 0 Å². The summed E-state index contributed by atoms with van der Waals surface area (Å²) in [6.07, 6.45) is 0.475. The Hall–Kier alpha value is -1.82. The maximum atomic E-state index is 13.5. The van der Waals surface area contributed by atoms with E-state index in [0.29, 0.717) is 12.1 Å². The van der Waals surface area contributed by atoms with Gasteiger partial charge in [-0.3, -0.25) is 14.9 Å². The molecule has 0 aromatic heterocycles. The summed E-state index contributed by atoms with van der Waals surface area (Å²) in [6, 6.07) is 1.86. The Morgan fingerprint density at radius 1 is 1.53 bits per heavy atom. The summed E-state index contributed by atoms with van der Waals surface area (Å²) in [5, 5.41) is 2.15. The van der Waals surface area contributed by atoms with Gasteiger partial charge in [-0.05, 0) is 12.5 Å². The molecule has 0 bridgehead atoms. The SMILES string of the molecule is CCC1C(=O)NC(=O)CN1c1cc(F)c(Cl)cc1N. The molecule has 1 unspecified atom stereocenters. The van der Waals surface area contributed by atoms with Crippen molar-refractivity contribution in [2.75, 3.05) is 17.2 Å². The van der Waals surface area contributed by atoms with Crippen molar-refractivity contribution in [3.8, 4) is 0 Å². The summed E-state index contributed by atoms with van der Waals surface area (Å²) >= 11 is 5.63. The minimum Gasteiger partial charge on any atom is -0.397 e. The number of nitrogens with zero attached hydrogens (tertiary/aromatic N) is 1. The highest BCUT2D eigenvalue weighted by atomic mass is 35.5. The maximum absolute atomic E-state index is 13.5. The first-order chi connectivity index (χ1) is 8.93. The summed E-state index contributed by atoms with van der Waals surface area (Å²) < 4.78 is 13.5. The van der Waals surface area contributed by atoms with Crippen molar-refractivity contribution in [2.45, 2.75) is 19.4 Å². The van der Waals surface area contributed by atoms with Crippen LogP contribution in [0.1, 0.15) is 13.3 Å². The summed E-state index contributed by atoms with van der Waals surface area (Å²) in [5.41, 5.74) is 6.32. The number of hydrogen-bond acceptors (Lipinski definition) is 4. The zero-order valence-electron chi connectivity index (χ0n) is 10.2. The normalized spacial score (nSPS) is 19.5. The lowest BCUT2D eigenvalue weighted by Crippen LogP contribution is -2.58. The number of benzene rings is 1. The molecule has 1 aromatic carbocycles. The summed E-state index contributed by atoms with van der Waals surface area (Å²) in [4.78, 5) is 24.7. The van der Waals surface area contributed by atoms with Crippen LogP contribution in [0.3, 0.4) is 0 Å². The van der Waals surface area contributed by atoms with Crippen LogP contribution in [0.4, 0.5) is 15.8 Å². The van der Waals surface area contributed by atoms with Gasteiger partial charge < -0.3 is 10.6 Å². The van der Waals surface area contributed by atoms with Crippen molar-refractivity contribution >= 4 is 34.8 Å². The van der Waals surface area contributed by atoms with E-state index in [2.05, 4.69) is 5.32 Å². The molecular formula is C12H13ClFN3O2. The number of carbonyl (C=O) groups excluding carboxylic acids is 2. The van der Waals surface area contributed by atoms with Gasteiger partial charge in [-0.15, -0.1) is 0 Å². The van der Waals surface area contributed by atoms with Crippen LogP contribution in [-0.2, 0) is 9.59 Å². The lowest BCUT2D eigenvalue weighted by atomic mass is 10.1. The predicted octanol–water partition coefficient (Wildman–Crippen LogP) is 1.30. The molecule has 19 heavy (non-hydrogen) atoms. The fourth-order valence-corrected chi connectivity index (χ4v) is 2.30. The average molecular weight is 286 g/mol. The Morgan fingerprint density at radius 2 is 2.21 bits per heavy atom. The van der Waals surface area contributed by atoms with Crippen molar-refractivity contribution < 1.29 is 14.0 Å². The second-order valence-electron chi connectivity index (χ2n) is 4.29. The number of carbonyl (C=O) groups is 2. The van der Waals surface area contributed by atoms with Crippen LogP contribution in [0.25, 0.3) is 0 Å². The van der Waals surface area contributed by atoms with E-state index in [1.165, 1.54) is 11.0 Å². The van der Waals surface area contributed by atoms with Crippen molar-refractivity contribution in [1.29, 1.82) is 0 Å². The fourth-order valence-electron chi connectivity index (χ4n) is 2.13. The van der Waals surface area contributed by atoms with Crippen LogP contribution in [0.2, 0.25) is 5.02 Å². The Kier molecular flexibility index (Phi) is 3.61. The first-order valence-corrected chi connectivity index (χ1v) is 6.16. The molecule has 2 amide bonds. The Bertz CT molecular complexity index is 550. The Labute approximate surface area is 114 Å². The largest absolute Gasteiger partial charge is 0.397 e. The molecule has 0 radical (unpaired) electrons. The second-order valence-corrected chi connectivity index (χ2v) is 4.70. The summed E-state index contributed by atoms with van der Waals surface area (Å²) in [5.74, 6) is -1.49. The zero-order chi connectivity index (χ0) is 14.2. The molecule has 7 heteroatoms. The smallest absolute Gasteiger partial charge is 0.249 e. The second kappa shape index (κ2) is 5.05. The standard InChI is InChI=1S/C12H13ClFN3O2/c1-2-9-12(19)16-11(18)5-17(9)10-4-7(14)6(13)3-8(10)15/h3-4,9H,2,5,15H2,1H3,(H,16,18,19). The molecule has 1 aliphatic rings. The average Bonchev–Trinajstić information content (AvgIpc) is 2.33. The fraction of sp³-hybridized carbons (Fsp3) is 0.333. The van der Waals surface area contributed by atoms with Gasteiger partial charge in [0.05, 0.1) is 22.9 Å². The zero-order valence-corrected chi connectivity index (χ0v) is 11.0. The third kappa shape index (κ3) is 2.49. The van der Waals surface area contributed by atoms with E-state index in [1.807, 2.05) is 0 Å². The number of imide groups is 1. The molecular weight excluding hydrogens is 273 g/mol. The van der Waals surface area contributed by atoms with Crippen molar-refractivity contribution in [2.24, 2.45) is 0 Å². The molecule has 0 saturated carbocycles. The van der Waals surface area contributed by atoms with Gasteiger partial charge in [-0.1, -0.05) is 18.5 Å². The molecule has 3 N–H and O–H groups in total. The third-order valence-corrected chi connectivity index (χ3v) is 3.31. The molecule has 1 saturated heterocycles. The number of nitrogen functional groups attached to an aromatic ring is 1. The van der Waals surface area contributed by atoms with Crippen LogP contribution in [-0.4, -0.2) is 24.4 Å². The molecule has 2 rings (SSSR count). The lowest BCUT2D eigenvalue weighted by molar-refractivity contribution is -0.132. The van der Waals surface area contributed by atoms with Gasteiger partial charge in [0, 0.05) is 6.07 Å². The van der Waals surface area contributed by atoms with Gasteiger partial charge in [0.15, 0.2) is 0 Å². The third-order valence-electron chi connectivity index (χ3n) is 3.02. The number of amides is 2.